The van der Waals surface area contributed by atoms with Crippen molar-refractivity contribution in [3.8, 4) is 11.3 Å². The molecule has 0 aliphatic carbocycles. The van der Waals surface area contributed by atoms with Crippen molar-refractivity contribution >= 4 is 5.91 Å². The molecule has 1 amide bonds. The topological polar surface area (TPSA) is 58.4 Å². The molecule has 0 spiro atoms. The van der Waals surface area contributed by atoms with Crippen molar-refractivity contribution in [2.75, 3.05) is 19.6 Å². The van der Waals surface area contributed by atoms with Crippen molar-refractivity contribution in [1.29, 1.82) is 0 Å². The molecule has 21 heavy (non-hydrogen) atoms. The molecule has 3 rings (SSSR count). The average molecular weight is 285 g/mol. The molecule has 1 N–H and O–H groups in total. The van der Waals surface area contributed by atoms with Crippen LogP contribution in [0.5, 0.6) is 0 Å². The van der Waals surface area contributed by atoms with Crippen molar-refractivity contribution in [3.05, 3.63) is 41.7 Å². The van der Waals surface area contributed by atoms with Crippen LogP contribution in [0.15, 0.2) is 34.9 Å². The van der Waals surface area contributed by atoms with E-state index in [9.17, 15) is 4.79 Å². The lowest BCUT2D eigenvalue weighted by Crippen LogP contribution is -2.52. The number of hydrogen-bond donors (Lipinski definition) is 1. The van der Waals surface area contributed by atoms with Gasteiger partial charge in [-0.2, -0.15) is 0 Å². The SMILES string of the molecule is Cc1ccc(-c2cc(C(=O)N3CCNC[C@H]3C)on2)cc1. The molecule has 1 aromatic heterocycles. The molecule has 1 fully saturated rings. The highest BCUT2D eigenvalue weighted by Gasteiger charge is 2.27. The second-order valence-electron chi connectivity index (χ2n) is 5.49. The van der Waals surface area contributed by atoms with E-state index >= 15 is 0 Å². The van der Waals surface area contributed by atoms with Gasteiger partial charge in [0.1, 0.15) is 5.69 Å². The van der Waals surface area contributed by atoms with Crippen LogP contribution in [0.4, 0.5) is 0 Å². The van der Waals surface area contributed by atoms with E-state index < -0.39 is 0 Å². The van der Waals surface area contributed by atoms with Crippen molar-refractivity contribution in [2.45, 2.75) is 19.9 Å². The molecule has 0 saturated carbocycles. The van der Waals surface area contributed by atoms with Gasteiger partial charge in [0.2, 0.25) is 5.76 Å². The van der Waals surface area contributed by atoms with Crippen molar-refractivity contribution in [1.82, 2.24) is 15.4 Å². The summed E-state index contributed by atoms with van der Waals surface area (Å²) >= 11 is 0. The summed E-state index contributed by atoms with van der Waals surface area (Å²) in [7, 11) is 0. The molecule has 0 bridgehead atoms. The van der Waals surface area contributed by atoms with Gasteiger partial charge < -0.3 is 14.7 Å². The number of carbonyl (C=O) groups excluding carboxylic acids is 1. The largest absolute Gasteiger partial charge is 0.350 e. The zero-order valence-corrected chi connectivity index (χ0v) is 12.3. The molecule has 0 unspecified atom stereocenters. The van der Waals surface area contributed by atoms with E-state index in [4.69, 9.17) is 4.52 Å². The molecule has 1 saturated heterocycles. The van der Waals surface area contributed by atoms with Crippen LogP contribution in [0.1, 0.15) is 23.0 Å². The molecular formula is C16H19N3O2. The second kappa shape index (κ2) is 5.69. The van der Waals surface area contributed by atoms with E-state index in [1.165, 1.54) is 5.56 Å². The van der Waals surface area contributed by atoms with Gasteiger partial charge in [0.25, 0.3) is 5.91 Å². The first-order chi connectivity index (χ1) is 10.1. The van der Waals surface area contributed by atoms with Gasteiger partial charge in [-0.1, -0.05) is 35.0 Å². The third-order valence-corrected chi connectivity index (χ3v) is 3.83. The highest BCUT2D eigenvalue weighted by molar-refractivity contribution is 5.92. The fourth-order valence-corrected chi connectivity index (χ4v) is 2.52. The Balaban J connectivity index is 1.81. The van der Waals surface area contributed by atoms with E-state index in [2.05, 4.69) is 10.5 Å². The molecule has 5 heteroatoms. The summed E-state index contributed by atoms with van der Waals surface area (Å²) in [6, 6.07) is 9.89. The Morgan fingerprint density at radius 3 is 2.86 bits per heavy atom. The van der Waals surface area contributed by atoms with Gasteiger partial charge in [-0.3, -0.25) is 4.79 Å². The zero-order chi connectivity index (χ0) is 14.8. The minimum absolute atomic E-state index is 0.0881. The molecule has 5 nitrogen and oxygen atoms in total. The summed E-state index contributed by atoms with van der Waals surface area (Å²) in [6.45, 7) is 6.38. The number of piperazine rings is 1. The van der Waals surface area contributed by atoms with Gasteiger partial charge >= 0.3 is 0 Å². The van der Waals surface area contributed by atoms with Crippen LogP contribution in [0.2, 0.25) is 0 Å². The quantitative estimate of drug-likeness (QED) is 0.918. The van der Waals surface area contributed by atoms with Crippen LogP contribution < -0.4 is 5.32 Å². The van der Waals surface area contributed by atoms with Crippen LogP contribution in [-0.2, 0) is 0 Å². The van der Waals surface area contributed by atoms with Crippen molar-refractivity contribution < 1.29 is 9.32 Å². The Hall–Kier alpha value is -2.14. The number of nitrogens with one attached hydrogen (secondary N) is 1. The third kappa shape index (κ3) is 2.83. The van der Waals surface area contributed by atoms with Gasteiger partial charge in [0.15, 0.2) is 0 Å². The predicted octanol–water partition coefficient (Wildman–Crippen LogP) is 2.08. The molecule has 1 aromatic carbocycles. The van der Waals surface area contributed by atoms with Crippen LogP contribution in [0, 0.1) is 6.92 Å². The first-order valence-corrected chi connectivity index (χ1v) is 7.20. The Kier molecular flexibility index (Phi) is 3.75. The standard InChI is InChI=1S/C16H19N3O2/c1-11-3-5-13(6-4-11)14-9-15(21-18-14)16(20)19-8-7-17-10-12(19)2/h3-6,9,12,17H,7-8,10H2,1-2H3/t12-/m1/s1. The van der Waals surface area contributed by atoms with E-state index in [1.807, 2.05) is 43.0 Å². The number of benzene rings is 1. The molecule has 1 aliphatic heterocycles. The summed E-state index contributed by atoms with van der Waals surface area (Å²) in [5.41, 5.74) is 2.84. The monoisotopic (exact) mass is 285 g/mol. The van der Waals surface area contributed by atoms with Crippen LogP contribution in [-0.4, -0.2) is 41.6 Å². The second-order valence-corrected chi connectivity index (χ2v) is 5.49. The van der Waals surface area contributed by atoms with Crippen LogP contribution >= 0.6 is 0 Å². The van der Waals surface area contributed by atoms with Gasteiger partial charge in [0, 0.05) is 37.3 Å². The fraction of sp³-hybridized carbons (Fsp3) is 0.375. The van der Waals surface area contributed by atoms with Gasteiger partial charge in [-0.25, -0.2) is 0 Å². The molecule has 2 aromatic rings. The number of carbonyl (C=O) groups is 1. The fourth-order valence-electron chi connectivity index (χ4n) is 2.52. The maximum Gasteiger partial charge on any atom is 0.292 e. The maximum absolute atomic E-state index is 12.5. The lowest BCUT2D eigenvalue weighted by molar-refractivity contribution is 0.0613. The summed E-state index contributed by atoms with van der Waals surface area (Å²) in [5, 5.41) is 7.29. The number of aryl methyl sites for hydroxylation is 1. The van der Waals surface area contributed by atoms with Crippen LogP contribution in [0.3, 0.4) is 0 Å². The molecule has 1 atom stereocenters. The summed E-state index contributed by atoms with van der Waals surface area (Å²) in [4.78, 5) is 14.3. The first kappa shape index (κ1) is 13.8. The Morgan fingerprint density at radius 1 is 1.38 bits per heavy atom. The van der Waals surface area contributed by atoms with Crippen molar-refractivity contribution in [2.24, 2.45) is 0 Å². The highest BCUT2D eigenvalue weighted by atomic mass is 16.5. The lowest BCUT2D eigenvalue weighted by atomic mass is 10.1. The zero-order valence-electron chi connectivity index (χ0n) is 12.3. The highest BCUT2D eigenvalue weighted by Crippen LogP contribution is 2.21. The maximum atomic E-state index is 12.5. The molecule has 2 heterocycles. The van der Waals surface area contributed by atoms with E-state index in [0.717, 1.165) is 18.7 Å². The third-order valence-electron chi connectivity index (χ3n) is 3.83. The lowest BCUT2D eigenvalue weighted by Gasteiger charge is -2.33. The molecule has 0 radical (unpaired) electrons. The first-order valence-electron chi connectivity index (χ1n) is 7.20. The Morgan fingerprint density at radius 2 is 2.14 bits per heavy atom. The minimum Gasteiger partial charge on any atom is -0.350 e. The van der Waals surface area contributed by atoms with Crippen LogP contribution in [0.25, 0.3) is 11.3 Å². The minimum atomic E-state index is -0.0881. The normalized spacial score (nSPS) is 18.8. The molecular weight excluding hydrogens is 266 g/mol. The van der Waals surface area contributed by atoms with E-state index in [-0.39, 0.29) is 11.9 Å². The Bertz CT molecular complexity index is 633. The summed E-state index contributed by atoms with van der Waals surface area (Å²) < 4.78 is 5.25. The van der Waals surface area contributed by atoms with Gasteiger partial charge in [-0.15, -0.1) is 0 Å². The number of rotatable bonds is 2. The van der Waals surface area contributed by atoms with Gasteiger partial charge in [0.05, 0.1) is 0 Å². The van der Waals surface area contributed by atoms with Gasteiger partial charge in [-0.05, 0) is 13.8 Å². The van der Waals surface area contributed by atoms with E-state index in [1.54, 1.807) is 6.07 Å². The number of amides is 1. The number of hydrogen-bond acceptors (Lipinski definition) is 4. The molecule has 110 valence electrons. The average Bonchev–Trinajstić information content (AvgIpc) is 2.98. The number of nitrogens with zero attached hydrogens (tertiary/aromatic N) is 2. The van der Waals surface area contributed by atoms with Crippen molar-refractivity contribution in [3.63, 3.8) is 0 Å². The Labute approximate surface area is 123 Å². The molecule has 1 aliphatic rings. The number of aromatic nitrogens is 1. The van der Waals surface area contributed by atoms with E-state index in [0.29, 0.717) is 18.0 Å². The summed E-state index contributed by atoms with van der Waals surface area (Å²) in [6.07, 6.45) is 0. The predicted molar refractivity (Wildman–Crippen MR) is 80.0 cm³/mol. The smallest absolute Gasteiger partial charge is 0.292 e. The summed E-state index contributed by atoms with van der Waals surface area (Å²) in [5.74, 6) is 0.217.